The maximum atomic E-state index is 13.2. The van der Waals surface area contributed by atoms with Crippen LogP contribution < -0.4 is 5.56 Å². The summed E-state index contributed by atoms with van der Waals surface area (Å²) in [5, 5.41) is 1.64. The Labute approximate surface area is 161 Å². The van der Waals surface area contributed by atoms with Crippen molar-refractivity contribution in [3.63, 3.8) is 0 Å². The van der Waals surface area contributed by atoms with Crippen LogP contribution in [0.25, 0.3) is 10.2 Å². The van der Waals surface area contributed by atoms with E-state index in [1.54, 1.807) is 34.8 Å². The van der Waals surface area contributed by atoms with E-state index in [-0.39, 0.29) is 5.56 Å². The standard InChI is InChI=1S/C20H22N2O2S2/c1-13-6-8-14(9-7-13)12-25-20-21-18-17(15-4-3-5-16(15)26-18)19(23)22(20)10-11-24-2/h6-9H,3-5,10-12H2,1-2H3. The Hall–Kier alpha value is -1.63. The van der Waals surface area contributed by atoms with Crippen LogP contribution in [0.4, 0.5) is 0 Å². The van der Waals surface area contributed by atoms with Gasteiger partial charge in [0, 0.05) is 17.7 Å². The van der Waals surface area contributed by atoms with E-state index in [1.165, 1.54) is 21.6 Å². The number of aromatic nitrogens is 2. The molecule has 0 unspecified atom stereocenters. The summed E-state index contributed by atoms with van der Waals surface area (Å²) in [6.07, 6.45) is 3.24. The third-order valence-corrected chi connectivity index (χ3v) is 7.03. The van der Waals surface area contributed by atoms with Crippen LogP contribution in [0.2, 0.25) is 0 Å². The Morgan fingerprint density at radius 3 is 2.85 bits per heavy atom. The Morgan fingerprint density at radius 1 is 1.27 bits per heavy atom. The second kappa shape index (κ2) is 7.55. The molecule has 6 heteroatoms. The van der Waals surface area contributed by atoms with E-state index in [0.29, 0.717) is 13.2 Å². The molecule has 0 amide bonds. The van der Waals surface area contributed by atoms with Crippen LogP contribution in [0.15, 0.2) is 34.2 Å². The highest BCUT2D eigenvalue weighted by molar-refractivity contribution is 7.98. The van der Waals surface area contributed by atoms with Gasteiger partial charge in [-0.05, 0) is 37.3 Å². The summed E-state index contributed by atoms with van der Waals surface area (Å²) in [6, 6.07) is 8.51. The summed E-state index contributed by atoms with van der Waals surface area (Å²) in [5.74, 6) is 0.802. The van der Waals surface area contributed by atoms with Crippen molar-refractivity contribution < 1.29 is 4.74 Å². The van der Waals surface area contributed by atoms with Gasteiger partial charge in [-0.3, -0.25) is 9.36 Å². The van der Waals surface area contributed by atoms with Gasteiger partial charge < -0.3 is 4.74 Å². The Balaban J connectivity index is 1.72. The Bertz CT molecular complexity index is 990. The van der Waals surface area contributed by atoms with Crippen molar-refractivity contribution >= 4 is 33.3 Å². The molecule has 0 fully saturated rings. The SMILES string of the molecule is COCCn1c(SCc2ccc(C)cc2)nc2sc3c(c2c1=O)CCC3. The van der Waals surface area contributed by atoms with E-state index >= 15 is 0 Å². The van der Waals surface area contributed by atoms with Crippen molar-refractivity contribution in [3.05, 3.63) is 56.2 Å². The van der Waals surface area contributed by atoms with Gasteiger partial charge in [0.25, 0.3) is 5.56 Å². The first kappa shape index (κ1) is 17.8. The molecule has 0 radical (unpaired) electrons. The summed E-state index contributed by atoms with van der Waals surface area (Å²) in [5.41, 5.74) is 3.83. The first-order valence-electron chi connectivity index (χ1n) is 8.89. The molecule has 4 nitrogen and oxygen atoms in total. The average molecular weight is 387 g/mol. The lowest BCUT2D eigenvalue weighted by Gasteiger charge is -2.12. The van der Waals surface area contributed by atoms with Gasteiger partial charge in [-0.25, -0.2) is 4.98 Å². The molecular weight excluding hydrogens is 364 g/mol. The van der Waals surface area contributed by atoms with Crippen LogP contribution in [0.1, 0.15) is 28.0 Å². The van der Waals surface area contributed by atoms with Crippen molar-refractivity contribution in [2.75, 3.05) is 13.7 Å². The molecule has 1 aliphatic carbocycles. The molecule has 1 aromatic carbocycles. The predicted octanol–water partition coefficient (Wildman–Crippen LogP) is 4.19. The highest BCUT2D eigenvalue weighted by atomic mass is 32.2. The number of hydrogen-bond donors (Lipinski definition) is 0. The number of aryl methyl sites for hydroxylation is 3. The number of methoxy groups -OCH3 is 1. The zero-order chi connectivity index (χ0) is 18.1. The molecule has 0 atom stereocenters. The molecule has 136 valence electrons. The minimum absolute atomic E-state index is 0.0952. The number of thiophene rings is 1. The summed E-state index contributed by atoms with van der Waals surface area (Å²) >= 11 is 3.33. The third-order valence-electron chi connectivity index (χ3n) is 4.80. The van der Waals surface area contributed by atoms with E-state index in [4.69, 9.17) is 9.72 Å². The van der Waals surface area contributed by atoms with Gasteiger partial charge in [0.1, 0.15) is 4.83 Å². The summed E-state index contributed by atoms with van der Waals surface area (Å²) < 4.78 is 7.03. The fourth-order valence-corrected chi connectivity index (χ4v) is 5.66. The van der Waals surface area contributed by atoms with Gasteiger partial charge in [0.2, 0.25) is 0 Å². The van der Waals surface area contributed by atoms with Crippen molar-refractivity contribution in [2.45, 2.75) is 43.6 Å². The quantitative estimate of drug-likeness (QED) is 0.471. The van der Waals surface area contributed by atoms with Crippen molar-refractivity contribution in [1.29, 1.82) is 0 Å². The van der Waals surface area contributed by atoms with Crippen molar-refractivity contribution in [2.24, 2.45) is 0 Å². The number of thioether (sulfide) groups is 1. The zero-order valence-electron chi connectivity index (χ0n) is 15.1. The van der Waals surface area contributed by atoms with Crippen molar-refractivity contribution in [1.82, 2.24) is 9.55 Å². The molecule has 4 rings (SSSR count). The second-order valence-electron chi connectivity index (χ2n) is 6.66. The third kappa shape index (κ3) is 3.33. The molecule has 0 bridgehead atoms. The Kier molecular flexibility index (Phi) is 5.16. The fraction of sp³-hybridized carbons (Fsp3) is 0.400. The maximum absolute atomic E-state index is 13.2. The zero-order valence-corrected chi connectivity index (χ0v) is 16.7. The largest absolute Gasteiger partial charge is 0.383 e. The van der Waals surface area contributed by atoms with E-state index in [1.807, 2.05) is 0 Å². The van der Waals surface area contributed by atoms with Gasteiger partial charge in [-0.15, -0.1) is 11.3 Å². The van der Waals surface area contributed by atoms with Gasteiger partial charge in [-0.1, -0.05) is 41.6 Å². The first-order valence-corrected chi connectivity index (χ1v) is 10.7. The molecule has 0 N–H and O–H groups in total. The normalized spacial score (nSPS) is 13.5. The molecule has 0 aliphatic heterocycles. The number of rotatable bonds is 6. The van der Waals surface area contributed by atoms with Gasteiger partial charge in [0.15, 0.2) is 5.16 Å². The molecule has 0 spiro atoms. The van der Waals surface area contributed by atoms with E-state index in [0.717, 1.165) is 40.4 Å². The van der Waals surface area contributed by atoms with Crippen molar-refractivity contribution in [3.8, 4) is 0 Å². The molecule has 26 heavy (non-hydrogen) atoms. The highest BCUT2D eigenvalue weighted by Gasteiger charge is 2.23. The van der Waals surface area contributed by atoms with E-state index in [9.17, 15) is 4.79 Å². The Morgan fingerprint density at radius 2 is 2.08 bits per heavy atom. The molecular formula is C20H22N2O2S2. The first-order chi connectivity index (χ1) is 12.7. The van der Waals surface area contributed by atoms with Crippen LogP contribution in [-0.4, -0.2) is 23.3 Å². The van der Waals surface area contributed by atoms with Crippen LogP contribution in [0, 0.1) is 6.92 Å². The smallest absolute Gasteiger partial charge is 0.263 e. The lowest BCUT2D eigenvalue weighted by atomic mass is 10.2. The summed E-state index contributed by atoms with van der Waals surface area (Å²) in [4.78, 5) is 20.3. The number of ether oxygens (including phenoxy) is 1. The lowest BCUT2D eigenvalue weighted by Crippen LogP contribution is -2.25. The maximum Gasteiger partial charge on any atom is 0.263 e. The van der Waals surface area contributed by atoms with Gasteiger partial charge >= 0.3 is 0 Å². The van der Waals surface area contributed by atoms with E-state index in [2.05, 4.69) is 31.2 Å². The van der Waals surface area contributed by atoms with E-state index < -0.39 is 0 Å². The fourth-order valence-electron chi connectivity index (χ4n) is 3.38. The molecule has 1 aliphatic rings. The van der Waals surface area contributed by atoms with Crippen LogP contribution in [0.5, 0.6) is 0 Å². The molecule has 0 saturated heterocycles. The minimum Gasteiger partial charge on any atom is -0.383 e. The molecule has 2 aromatic heterocycles. The second-order valence-corrected chi connectivity index (χ2v) is 8.68. The predicted molar refractivity (Wildman–Crippen MR) is 109 cm³/mol. The number of nitrogens with zero attached hydrogens (tertiary/aromatic N) is 2. The van der Waals surface area contributed by atoms with Crippen LogP contribution in [-0.2, 0) is 29.9 Å². The number of hydrogen-bond acceptors (Lipinski definition) is 5. The molecule has 3 aromatic rings. The monoisotopic (exact) mass is 386 g/mol. The van der Waals surface area contributed by atoms with Crippen LogP contribution in [0.3, 0.4) is 0 Å². The number of benzene rings is 1. The van der Waals surface area contributed by atoms with Gasteiger partial charge in [0.05, 0.1) is 18.5 Å². The summed E-state index contributed by atoms with van der Waals surface area (Å²) in [7, 11) is 1.67. The molecule has 2 heterocycles. The molecule has 0 saturated carbocycles. The number of fused-ring (bicyclic) bond motifs is 3. The lowest BCUT2D eigenvalue weighted by molar-refractivity contribution is 0.183. The average Bonchev–Trinajstić information content (AvgIpc) is 3.21. The minimum atomic E-state index is 0.0952. The topological polar surface area (TPSA) is 44.1 Å². The van der Waals surface area contributed by atoms with Gasteiger partial charge in [-0.2, -0.15) is 0 Å². The van der Waals surface area contributed by atoms with Crippen LogP contribution >= 0.6 is 23.1 Å². The summed E-state index contributed by atoms with van der Waals surface area (Å²) in [6.45, 7) is 3.14. The highest BCUT2D eigenvalue weighted by Crippen LogP contribution is 2.35.